The van der Waals surface area contributed by atoms with Gasteiger partial charge in [-0.25, -0.2) is 0 Å². The topological polar surface area (TPSA) is 58.9 Å². The molecule has 0 aliphatic carbocycles. The Morgan fingerprint density at radius 2 is 2.41 bits per heavy atom. The van der Waals surface area contributed by atoms with Crippen LogP contribution in [0.3, 0.4) is 0 Å². The third-order valence-electron chi connectivity index (χ3n) is 3.13. The van der Waals surface area contributed by atoms with E-state index >= 15 is 0 Å². The Balaban J connectivity index is 0.00000144. The number of halogens is 1. The van der Waals surface area contributed by atoms with Crippen LogP contribution in [0.25, 0.3) is 0 Å². The van der Waals surface area contributed by atoms with Crippen molar-refractivity contribution >= 4 is 18.3 Å². The van der Waals surface area contributed by atoms with E-state index in [1.807, 2.05) is 0 Å². The van der Waals surface area contributed by atoms with Crippen molar-refractivity contribution in [2.24, 2.45) is 7.05 Å². The highest BCUT2D eigenvalue weighted by atomic mass is 35.5. The SMILES string of the molecule is CC1NCCCC1NC(=O)c1ccnn1C.Cl. The van der Waals surface area contributed by atoms with Gasteiger partial charge >= 0.3 is 0 Å². The molecule has 2 atom stereocenters. The van der Waals surface area contributed by atoms with Crippen LogP contribution in [0, 0.1) is 0 Å². The molecule has 0 aromatic carbocycles. The summed E-state index contributed by atoms with van der Waals surface area (Å²) in [5.41, 5.74) is 0.609. The Morgan fingerprint density at radius 1 is 1.65 bits per heavy atom. The maximum absolute atomic E-state index is 11.9. The Hall–Kier alpha value is -1.07. The highest BCUT2D eigenvalue weighted by Gasteiger charge is 2.23. The summed E-state index contributed by atoms with van der Waals surface area (Å²) in [5.74, 6) is -0.0412. The van der Waals surface area contributed by atoms with Crippen molar-refractivity contribution in [2.45, 2.75) is 31.8 Å². The summed E-state index contributed by atoms with van der Waals surface area (Å²) in [6.45, 7) is 3.15. The number of hydrogen-bond acceptors (Lipinski definition) is 3. The molecule has 2 rings (SSSR count). The molecule has 6 heteroatoms. The van der Waals surface area contributed by atoms with Gasteiger partial charge in [0.15, 0.2) is 0 Å². The first-order valence-electron chi connectivity index (χ1n) is 5.70. The lowest BCUT2D eigenvalue weighted by atomic mass is 10.00. The van der Waals surface area contributed by atoms with E-state index in [2.05, 4.69) is 22.7 Å². The number of nitrogens with one attached hydrogen (secondary N) is 2. The summed E-state index contributed by atoms with van der Waals surface area (Å²) in [6, 6.07) is 2.29. The number of aromatic nitrogens is 2. The normalized spacial score (nSPS) is 23.9. The van der Waals surface area contributed by atoms with Crippen molar-refractivity contribution in [3.63, 3.8) is 0 Å². The van der Waals surface area contributed by atoms with Crippen LogP contribution in [0.15, 0.2) is 12.3 Å². The van der Waals surface area contributed by atoms with E-state index in [1.165, 1.54) is 0 Å². The van der Waals surface area contributed by atoms with Crippen molar-refractivity contribution in [2.75, 3.05) is 6.54 Å². The maximum atomic E-state index is 11.9. The second kappa shape index (κ2) is 6.02. The van der Waals surface area contributed by atoms with Gasteiger partial charge in [-0.15, -0.1) is 12.4 Å². The van der Waals surface area contributed by atoms with E-state index in [0.717, 1.165) is 19.4 Å². The fraction of sp³-hybridized carbons (Fsp3) is 0.636. The van der Waals surface area contributed by atoms with E-state index in [1.54, 1.807) is 24.0 Å². The van der Waals surface area contributed by atoms with Gasteiger partial charge in [-0.1, -0.05) is 0 Å². The molecule has 0 saturated carbocycles. The molecule has 1 fully saturated rings. The quantitative estimate of drug-likeness (QED) is 0.822. The van der Waals surface area contributed by atoms with Gasteiger partial charge < -0.3 is 10.6 Å². The molecular formula is C11H19ClN4O. The fourth-order valence-electron chi connectivity index (χ4n) is 2.08. The number of aryl methyl sites for hydroxylation is 1. The molecule has 1 aromatic heterocycles. The van der Waals surface area contributed by atoms with Crippen LogP contribution in [0.1, 0.15) is 30.3 Å². The van der Waals surface area contributed by atoms with Gasteiger partial charge in [-0.05, 0) is 32.4 Å². The molecule has 1 aliphatic heterocycles. The first kappa shape index (κ1) is 14.0. The van der Waals surface area contributed by atoms with Crippen molar-refractivity contribution in [3.05, 3.63) is 18.0 Å². The summed E-state index contributed by atoms with van der Waals surface area (Å²) in [5, 5.41) is 10.4. The van der Waals surface area contributed by atoms with E-state index in [4.69, 9.17) is 0 Å². The van der Waals surface area contributed by atoms with Crippen LogP contribution in [0.2, 0.25) is 0 Å². The molecule has 1 saturated heterocycles. The maximum Gasteiger partial charge on any atom is 0.269 e. The molecule has 1 amide bonds. The lowest BCUT2D eigenvalue weighted by Crippen LogP contribution is -2.52. The van der Waals surface area contributed by atoms with Crippen LogP contribution in [0.4, 0.5) is 0 Å². The zero-order chi connectivity index (χ0) is 11.5. The van der Waals surface area contributed by atoms with Gasteiger partial charge in [0.1, 0.15) is 5.69 Å². The first-order chi connectivity index (χ1) is 7.68. The van der Waals surface area contributed by atoms with Gasteiger partial charge in [0.05, 0.1) is 0 Å². The number of hydrogen-bond donors (Lipinski definition) is 2. The van der Waals surface area contributed by atoms with Crippen molar-refractivity contribution < 1.29 is 4.79 Å². The third kappa shape index (κ3) is 3.20. The lowest BCUT2D eigenvalue weighted by molar-refractivity contribution is 0.0910. The number of rotatable bonds is 2. The van der Waals surface area contributed by atoms with Gasteiger partial charge in [0.2, 0.25) is 0 Å². The highest BCUT2D eigenvalue weighted by Crippen LogP contribution is 2.09. The van der Waals surface area contributed by atoms with Gasteiger partial charge in [-0.2, -0.15) is 5.10 Å². The molecular weight excluding hydrogens is 240 g/mol. The molecule has 2 unspecified atom stereocenters. The highest BCUT2D eigenvalue weighted by molar-refractivity contribution is 5.92. The predicted molar refractivity (Wildman–Crippen MR) is 68.4 cm³/mol. The average Bonchev–Trinajstić information content (AvgIpc) is 2.68. The number of nitrogens with zero attached hydrogens (tertiary/aromatic N) is 2. The van der Waals surface area contributed by atoms with Crippen LogP contribution < -0.4 is 10.6 Å². The molecule has 2 heterocycles. The molecule has 1 aromatic rings. The number of carbonyl (C=O) groups is 1. The molecule has 0 spiro atoms. The summed E-state index contributed by atoms with van der Waals surface area (Å²) in [6.07, 6.45) is 3.79. The number of piperidine rings is 1. The van der Waals surface area contributed by atoms with Crippen LogP contribution >= 0.6 is 12.4 Å². The van der Waals surface area contributed by atoms with Crippen LogP contribution in [-0.2, 0) is 7.05 Å². The van der Waals surface area contributed by atoms with Gasteiger partial charge in [0.25, 0.3) is 5.91 Å². The fourth-order valence-corrected chi connectivity index (χ4v) is 2.08. The van der Waals surface area contributed by atoms with Crippen molar-refractivity contribution in [3.8, 4) is 0 Å². The van der Waals surface area contributed by atoms with E-state index in [9.17, 15) is 4.79 Å². The second-order valence-corrected chi connectivity index (χ2v) is 4.31. The number of carbonyl (C=O) groups excluding carboxylic acids is 1. The Morgan fingerprint density at radius 3 is 3.00 bits per heavy atom. The first-order valence-corrected chi connectivity index (χ1v) is 5.70. The minimum absolute atomic E-state index is 0. The van der Waals surface area contributed by atoms with E-state index < -0.39 is 0 Å². The zero-order valence-corrected chi connectivity index (χ0v) is 11.0. The monoisotopic (exact) mass is 258 g/mol. The van der Waals surface area contributed by atoms with Crippen LogP contribution in [0.5, 0.6) is 0 Å². The standard InChI is InChI=1S/C11H18N4O.ClH/c1-8-9(4-3-6-12-8)14-11(16)10-5-7-13-15(10)2;/h5,7-9,12H,3-4,6H2,1-2H3,(H,14,16);1H. The summed E-state index contributed by atoms with van der Waals surface area (Å²) < 4.78 is 1.59. The molecule has 96 valence electrons. The Labute approximate surface area is 107 Å². The lowest BCUT2D eigenvalue weighted by Gasteiger charge is -2.30. The van der Waals surface area contributed by atoms with E-state index in [-0.39, 0.29) is 24.4 Å². The minimum atomic E-state index is -0.0412. The molecule has 5 nitrogen and oxygen atoms in total. The van der Waals surface area contributed by atoms with E-state index in [0.29, 0.717) is 11.7 Å². The molecule has 2 N–H and O–H groups in total. The summed E-state index contributed by atoms with van der Waals surface area (Å²) in [7, 11) is 1.78. The summed E-state index contributed by atoms with van der Waals surface area (Å²) in [4.78, 5) is 11.9. The third-order valence-corrected chi connectivity index (χ3v) is 3.13. The average molecular weight is 259 g/mol. The van der Waals surface area contributed by atoms with Crippen molar-refractivity contribution in [1.82, 2.24) is 20.4 Å². The second-order valence-electron chi connectivity index (χ2n) is 4.31. The molecule has 0 bridgehead atoms. The molecule has 0 radical (unpaired) electrons. The van der Waals surface area contributed by atoms with Gasteiger partial charge in [0, 0.05) is 25.3 Å². The van der Waals surface area contributed by atoms with Crippen LogP contribution in [-0.4, -0.2) is 34.3 Å². The van der Waals surface area contributed by atoms with Gasteiger partial charge in [-0.3, -0.25) is 9.48 Å². The molecule has 17 heavy (non-hydrogen) atoms. The zero-order valence-electron chi connectivity index (χ0n) is 10.1. The Kier molecular flexibility index (Phi) is 4.96. The molecule has 1 aliphatic rings. The minimum Gasteiger partial charge on any atom is -0.346 e. The Bertz CT molecular complexity index is 379. The predicted octanol–water partition coefficient (Wildman–Crippen LogP) is 0.712. The smallest absolute Gasteiger partial charge is 0.269 e. The largest absolute Gasteiger partial charge is 0.346 e. The summed E-state index contributed by atoms with van der Waals surface area (Å²) >= 11 is 0. The van der Waals surface area contributed by atoms with Crippen molar-refractivity contribution in [1.29, 1.82) is 0 Å². The number of amides is 1.